The van der Waals surface area contributed by atoms with Gasteiger partial charge >= 0.3 is 5.97 Å². The highest BCUT2D eigenvalue weighted by molar-refractivity contribution is 5.97. The number of carbonyl (C=O) groups excluding carboxylic acids is 2. The Morgan fingerprint density at radius 2 is 1.80 bits per heavy atom. The molecule has 0 atom stereocenters. The molecular formula is C19H22N2O4. The summed E-state index contributed by atoms with van der Waals surface area (Å²) in [5.74, 6) is -0.747. The van der Waals surface area contributed by atoms with Gasteiger partial charge in [0.2, 0.25) is 0 Å². The second-order valence-corrected chi connectivity index (χ2v) is 5.49. The number of methoxy groups -OCH3 is 2. The summed E-state index contributed by atoms with van der Waals surface area (Å²) in [5.41, 5.74) is 2.85. The minimum absolute atomic E-state index is 0.126. The van der Waals surface area contributed by atoms with Gasteiger partial charge < -0.3 is 14.4 Å². The quantitative estimate of drug-likeness (QED) is 0.722. The van der Waals surface area contributed by atoms with Crippen molar-refractivity contribution in [2.24, 2.45) is 0 Å². The lowest BCUT2D eigenvalue weighted by Gasteiger charge is -2.22. The number of nitrogens with zero attached hydrogens (tertiary/aromatic N) is 2. The van der Waals surface area contributed by atoms with Crippen LogP contribution >= 0.6 is 0 Å². The molecule has 1 aromatic heterocycles. The number of aryl methyl sites for hydroxylation is 1. The van der Waals surface area contributed by atoms with Crippen LogP contribution in [-0.4, -0.2) is 55.7 Å². The zero-order valence-corrected chi connectivity index (χ0v) is 14.7. The highest BCUT2D eigenvalue weighted by Crippen LogP contribution is 2.19. The lowest BCUT2D eigenvalue weighted by molar-refractivity contribution is -0.141. The Bertz CT molecular complexity index is 731. The van der Waals surface area contributed by atoms with E-state index in [0.717, 1.165) is 11.3 Å². The normalized spacial score (nSPS) is 10.4. The molecule has 1 amide bonds. The fraction of sp³-hybridized carbons (Fsp3) is 0.316. The van der Waals surface area contributed by atoms with Crippen LogP contribution < -0.4 is 0 Å². The summed E-state index contributed by atoms with van der Waals surface area (Å²) < 4.78 is 9.68. The highest BCUT2D eigenvalue weighted by atomic mass is 16.5. The molecule has 1 aromatic carbocycles. The third-order valence-electron chi connectivity index (χ3n) is 3.79. The third-order valence-corrected chi connectivity index (χ3v) is 3.79. The van der Waals surface area contributed by atoms with E-state index < -0.39 is 5.97 Å². The average Bonchev–Trinajstić information content (AvgIpc) is 2.65. The van der Waals surface area contributed by atoms with E-state index >= 15 is 0 Å². The molecule has 0 aliphatic heterocycles. The monoisotopic (exact) mass is 342 g/mol. The van der Waals surface area contributed by atoms with E-state index in [1.807, 2.05) is 36.4 Å². The van der Waals surface area contributed by atoms with Crippen LogP contribution in [0.15, 0.2) is 42.5 Å². The predicted octanol–water partition coefficient (Wildman–Crippen LogP) is 2.32. The van der Waals surface area contributed by atoms with Gasteiger partial charge in [-0.3, -0.25) is 14.6 Å². The first-order valence-corrected chi connectivity index (χ1v) is 7.95. The van der Waals surface area contributed by atoms with E-state index in [0.29, 0.717) is 24.4 Å². The minimum atomic E-state index is -0.476. The lowest BCUT2D eigenvalue weighted by Crippen LogP contribution is -2.38. The molecule has 0 aliphatic carbocycles. The van der Waals surface area contributed by atoms with Crippen molar-refractivity contribution in [2.45, 2.75) is 6.92 Å². The molecular weight excluding hydrogens is 320 g/mol. The molecule has 0 radical (unpaired) electrons. The number of pyridine rings is 1. The van der Waals surface area contributed by atoms with Crippen molar-refractivity contribution in [2.75, 3.05) is 33.9 Å². The van der Waals surface area contributed by atoms with Crippen LogP contribution in [-0.2, 0) is 14.3 Å². The maximum atomic E-state index is 12.8. The van der Waals surface area contributed by atoms with E-state index in [4.69, 9.17) is 4.74 Å². The molecule has 0 unspecified atom stereocenters. The molecule has 0 aliphatic rings. The summed E-state index contributed by atoms with van der Waals surface area (Å²) in [6, 6.07) is 13.3. The molecule has 0 fully saturated rings. The number of esters is 1. The third kappa shape index (κ3) is 4.87. The maximum absolute atomic E-state index is 12.8. The second kappa shape index (κ2) is 8.94. The Kier molecular flexibility index (Phi) is 6.65. The molecule has 6 nitrogen and oxygen atoms in total. The van der Waals surface area contributed by atoms with Crippen LogP contribution in [0.1, 0.15) is 16.1 Å². The van der Waals surface area contributed by atoms with Crippen molar-refractivity contribution in [1.29, 1.82) is 0 Å². The summed E-state index contributed by atoms with van der Waals surface area (Å²) in [4.78, 5) is 30.3. The Morgan fingerprint density at radius 1 is 1.08 bits per heavy atom. The van der Waals surface area contributed by atoms with Gasteiger partial charge in [0.05, 0.1) is 30.7 Å². The lowest BCUT2D eigenvalue weighted by atomic mass is 10.1. The van der Waals surface area contributed by atoms with Gasteiger partial charge in [-0.25, -0.2) is 0 Å². The van der Waals surface area contributed by atoms with Gasteiger partial charge in [-0.15, -0.1) is 0 Å². The topological polar surface area (TPSA) is 68.7 Å². The summed E-state index contributed by atoms with van der Waals surface area (Å²) >= 11 is 0. The zero-order chi connectivity index (χ0) is 18.2. The standard InChI is InChI=1S/C19H22N2O4/c1-14-16(9-10-17(20-14)15-7-5-4-6-8-15)19(23)21(11-12-24-2)13-18(22)25-3/h4-10H,11-13H2,1-3H3. The number of rotatable bonds is 7. The first kappa shape index (κ1) is 18.6. The number of benzene rings is 1. The van der Waals surface area contributed by atoms with Crippen LogP contribution in [0.25, 0.3) is 11.3 Å². The molecule has 0 bridgehead atoms. The molecule has 6 heteroatoms. The van der Waals surface area contributed by atoms with Gasteiger partial charge in [-0.05, 0) is 19.1 Å². The molecule has 0 saturated heterocycles. The number of amides is 1. The van der Waals surface area contributed by atoms with E-state index in [1.54, 1.807) is 20.1 Å². The van der Waals surface area contributed by atoms with Crippen molar-refractivity contribution >= 4 is 11.9 Å². The summed E-state index contributed by atoms with van der Waals surface area (Å²) in [6.07, 6.45) is 0. The van der Waals surface area contributed by atoms with Crippen LogP contribution in [0.5, 0.6) is 0 Å². The number of hydrogen-bond donors (Lipinski definition) is 0. The fourth-order valence-electron chi connectivity index (χ4n) is 2.40. The van der Waals surface area contributed by atoms with Crippen LogP contribution in [0.3, 0.4) is 0 Å². The van der Waals surface area contributed by atoms with E-state index in [1.165, 1.54) is 12.0 Å². The van der Waals surface area contributed by atoms with E-state index in [-0.39, 0.29) is 12.5 Å². The van der Waals surface area contributed by atoms with E-state index in [9.17, 15) is 9.59 Å². The zero-order valence-electron chi connectivity index (χ0n) is 14.7. The summed E-state index contributed by atoms with van der Waals surface area (Å²) in [6.45, 7) is 2.28. The predicted molar refractivity (Wildman–Crippen MR) is 94.2 cm³/mol. The van der Waals surface area contributed by atoms with Gasteiger partial charge in [0.25, 0.3) is 5.91 Å². The number of carbonyl (C=O) groups is 2. The first-order chi connectivity index (χ1) is 12.1. The summed E-state index contributed by atoms with van der Waals surface area (Å²) in [5, 5.41) is 0. The fourth-order valence-corrected chi connectivity index (χ4v) is 2.40. The Hall–Kier alpha value is -2.73. The number of ether oxygens (including phenoxy) is 2. The minimum Gasteiger partial charge on any atom is -0.468 e. The van der Waals surface area contributed by atoms with E-state index in [2.05, 4.69) is 9.72 Å². The number of hydrogen-bond acceptors (Lipinski definition) is 5. The summed E-state index contributed by atoms with van der Waals surface area (Å²) in [7, 11) is 2.84. The molecule has 0 spiro atoms. The Morgan fingerprint density at radius 3 is 2.40 bits per heavy atom. The molecule has 2 rings (SSSR count). The molecule has 132 valence electrons. The molecule has 1 heterocycles. The van der Waals surface area contributed by atoms with Gasteiger partial charge in [0.1, 0.15) is 6.54 Å². The van der Waals surface area contributed by atoms with Crippen molar-refractivity contribution < 1.29 is 19.1 Å². The SMILES string of the molecule is COCCN(CC(=O)OC)C(=O)c1ccc(-c2ccccc2)nc1C. The van der Waals surface area contributed by atoms with Gasteiger partial charge in [-0.1, -0.05) is 30.3 Å². The molecule has 2 aromatic rings. The highest BCUT2D eigenvalue weighted by Gasteiger charge is 2.21. The molecule has 0 N–H and O–H groups in total. The van der Waals surface area contributed by atoms with Gasteiger partial charge in [0, 0.05) is 19.2 Å². The maximum Gasteiger partial charge on any atom is 0.325 e. The van der Waals surface area contributed by atoms with Gasteiger partial charge in [-0.2, -0.15) is 0 Å². The second-order valence-electron chi connectivity index (χ2n) is 5.49. The Balaban J connectivity index is 2.25. The average molecular weight is 342 g/mol. The molecule has 0 saturated carbocycles. The molecule has 25 heavy (non-hydrogen) atoms. The number of aromatic nitrogens is 1. The van der Waals surface area contributed by atoms with Crippen LogP contribution in [0, 0.1) is 6.92 Å². The van der Waals surface area contributed by atoms with Crippen molar-refractivity contribution in [3.05, 3.63) is 53.7 Å². The van der Waals surface area contributed by atoms with Crippen molar-refractivity contribution in [3.63, 3.8) is 0 Å². The van der Waals surface area contributed by atoms with Crippen molar-refractivity contribution in [3.8, 4) is 11.3 Å². The smallest absolute Gasteiger partial charge is 0.325 e. The largest absolute Gasteiger partial charge is 0.468 e. The van der Waals surface area contributed by atoms with Crippen molar-refractivity contribution in [1.82, 2.24) is 9.88 Å². The van der Waals surface area contributed by atoms with Gasteiger partial charge in [0.15, 0.2) is 0 Å². The Labute approximate surface area is 147 Å². The van der Waals surface area contributed by atoms with Crippen LogP contribution in [0.4, 0.5) is 0 Å². The van der Waals surface area contributed by atoms with Crippen LogP contribution in [0.2, 0.25) is 0 Å². The first-order valence-electron chi connectivity index (χ1n) is 7.95.